The van der Waals surface area contributed by atoms with Crippen LogP contribution < -0.4 is 0 Å². The van der Waals surface area contributed by atoms with Crippen LogP contribution in [0.2, 0.25) is 0 Å². The van der Waals surface area contributed by atoms with E-state index in [2.05, 4.69) is 18.6 Å². The average Bonchev–Trinajstić information content (AvgIpc) is 2.05. The lowest BCUT2D eigenvalue weighted by Crippen LogP contribution is -1.84. The maximum absolute atomic E-state index is 8.56. The summed E-state index contributed by atoms with van der Waals surface area (Å²) in [6, 6.07) is 9.96. The van der Waals surface area contributed by atoms with Gasteiger partial charge in [-0.3, -0.25) is 10.9 Å². The van der Waals surface area contributed by atoms with Crippen LogP contribution in [0.1, 0.15) is 11.1 Å². The van der Waals surface area contributed by atoms with Crippen molar-refractivity contribution in [3.05, 3.63) is 35.4 Å². The Labute approximate surface area is 76.4 Å². The van der Waals surface area contributed by atoms with Crippen molar-refractivity contribution in [1.82, 2.24) is 0 Å². The lowest BCUT2D eigenvalue weighted by atomic mass is 10.2. The van der Waals surface area contributed by atoms with Gasteiger partial charge in [0, 0.05) is 0 Å². The van der Waals surface area contributed by atoms with Crippen molar-refractivity contribution in [3.63, 3.8) is 0 Å². The molecule has 1 aromatic rings. The topological polar surface area (TPSA) is 23.8 Å². The Hall–Kier alpha value is -0.940. The summed E-state index contributed by atoms with van der Waals surface area (Å²) in [4.78, 5) is 0. The minimum absolute atomic E-state index is 0.126. The molecule has 1 aromatic carbocycles. The van der Waals surface area contributed by atoms with Gasteiger partial charge < -0.3 is 0 Å². The Morgan fingerprint density at radius 3 is 2.25 bits per heavy atom. The smallest absolute Gasteiger partial charge is 0.0991 e. The normalized spacial score (nSPS) is 10.6. The SMILES string of the molecule is C[SH](C)Cc1ccc(C#N)cc1. The highest BCUT2D eigenvalue weighted by Crippen LogP contribution is 2.20. The quantitative estimate of drug-likeness (QED) is 0.692. The van der Waals surface area contributed by atoms with Crippen molar-refractivity contribution in [2.45, 2.75) is 5.75 Å². The van der Waals surface area contributed by atoms with Crippen molar-refractivity contribution in [2.75, 3.05) is 12.5 Å². The van der Waals surface area contributed by atoms with E-state index in [0.29, 0.717) is 0 Å². The van der Waals surface area contributed by atoms with E-state index in [1.54, 1.807) is 0 Å². The summed E-state index contributed by atoms with van der Waals surface area (Å²) in [5.41, 5.74) is 2.08. The van der Waals surface area contributed by atoms with Crippen molar-refractivity contribution < 1.29 is 0 Å². The molecule has 0 bridgehead atoms. The van der Waals surface area contributed by atoms with Crippen LogP contribution in [-0.4, -0.2) is 12.5 Å². The fourth-order valence-electron chi connectivity index (χ4n) is 1.05. The zero-order chi connectivity index (χ0) is 8.97. The summed E-state index contributed by atoms with van der Waals surface area (Å²) in [5.74, 6) is 1.15. The van der Waals surface area contributed by atoms with Crippen LogP contribution in [0.4, 0.5) is 0 Å². The molecule has 0 saturated heterocycles. The van der Waals surface area contributed by atoms with Crippen LogP contribution in [-0.2, 0) is 5.75 Å². The molecule has 0 spiro atoms. The van der Waals surface area contributed by atoms with E-state index in [9.17, 15) is 0 Å². The van der Waals surface area contributed by atoms with Crippen LogP contribution in [0, 0.1) is 11.3 Å². The summed E-state index contributed by atoms with van der Waals surface area (Å²) in [6.07, 6.45) is 4.51. The summed E-state index contributed by atoms with van der Waals surface area (Å²) in [5, 5.41) is 8.56. The Kier molecular flexibility index (Phi) is 3.19. The van der Waals surface area contributed by atoms with Gasteiger partial charge >= 0.3 is 0 Å². The molecule has 0 aliphatic heterocycles. The number of thiol groups is 1. The van der Waals surface area contributed by atoms with Crippen LogP contribution in [0.15, 0.2) is 24.3 Å². The minimum Gasteiger partial charge on any atom is -0.255 e. The van der Waals surface area contributed by atoms with Gasteiger partial charge in [0.2, 0.25) is 0 Å². The molecule has 0 N–H and O–H groups in total. The summed E-state index contributed by atoms with van der Waals surface area (Å²) in [7, 11) is 0.126. The van der Waals surface area contributed by atoms with E-state index in [-0.39, 0.29) is 10.9 Å². The lowest BCUT2D eigenvalue weighted by Gasteiger charge is -2.08. The van der Waals surface area contributed by atoms with Crippen molar-refractivity contribution in [2.24, 2.45) is 0 Å². The molecular weight excluding hydrogens is 166 g/mol. The van der Waals surface area contributed by atoms with Gasteiger partial charge in [-0.15, -0.1) is 0 Å². The zero-order valence-corrected chi connectivity index (χ0v) is 8.31. The van der Waals surface area contributed by atoms with E-state index < -0.39 is 0 Å². The monoisotopic (exact) mass is 179 g/mol. The third-order valence-corrected chi connectivity index (χ3v) is 2.58. The number of hydrogen-bond acceptors (Lipinski definition) is 1. The molecule has 0 aliphatic rings. The largest absolute Gasteiger partial charge is 0.255 e. The van der Waals surface area contributed by atoms with Gasteiger partial charge in [-0.2, -0.15) is 5.26 Å². The maximum Gasteiger partial charge on any atom is 0.0991 e. The van der Waals surface area contributed by atoms with Crippen LogP contribution in [0.25, 0.3) is 0 Å². The van der Waals surface area contributed by atoms with Gasteiger partial charge in [0.1, 0.15) is 0 Å². The standard InChI is InChI=1S/C10H13NS/c1-12(2)8-10-5-3-9(7-11)4-6-10/h3-6,12H,8H2,1-2H3. The first-order valence-electron chi connectivity index (χ1n) is 3.86. The van der Waals surface area contributed by atoms with E-state index in [4.69, 9.17) is 5.26 Å². The van der Waals surface area contributed by atoms with Crippen LogP contribution >= 0.6 is 10.9 Å². The highest BCUT2D eigenvalue weighted by molar-refractivity contribution is 8.15. The molecule has 0 heterocycles. The number of rotatable bonds is 2. The Balaban J connectivity index is 2.73. The zero-order valence-electron chi connectivity index (χ0n) is 7.41. The molecule has 12 heavy (non-hydrogen) atoms. The maximum atomic E-state index is 8.56. The molecule has 0 radical (unpaired) electrons. The molecule has 0 fully saturated rings. The predicted octanol–water partition coefficient (Wildman–Crippen LogP) is 2.32. The van der Waals surface area contributed by atoms with E-state index in [1.165, 1.54) is 5.56 Å². The Morgan fingerprint density at radius 1 is 1.25 bits per heavy atom. The molecule has 0 atom stereocenters. The lowest BCUT2D eigenvalue weighted by molar-refractivity contribution is 1.39. The first-order valence-corrected chi connectivity index (χ1v) is 6.28. The minimum atomic E-state index is 0.126. The third kappa shape index (κ3) is 2.60. The van der Waals surface area contributed by atoms with Crippen molar-refractivity contribution >= 4 is 10.9 Å². The fourth-order valence-corrected chi connectivity index (χ4v) is 1.99. The van der Waals surface area contributed by atoms with E-state index >= 15 is 0 Å². The number of nitriles is 1. The molecule has 64 valence electrons. The second-order valence-electron chi connectivity index (χ2n) is 3.05. The first-order chi connectivity index (χ1) is 5.72. The summed E-state index contributed by atoms with van der Waals surface area (Å²) < 4.78 is 0. The summed E-state index contributed by atoms with van der Waals surface area (Å²) in [6.45, 7) is 0. The molecule has 0 unspecified atom stereocenters. The fraction of sp³-hybridized carbons (Fsp3) is 0.300. The second-order valence-corrected chi connectivity index (χ2v) is 5.52. The molecule has 0 aromatic heterocycles. The van der Waals surface area contributed by atoms with Gasteiger partial charge in [0.15, 0.2) is 0 Å². The predicted molar refractivity (Wildman–Crippen MR) is 55.7 cm³/mol. The second kappa shape index (κ2) is 4.18. The van der Waals surface area contributed by atoms with Gasteiger partial charge in [-0.1, -0.05) is 12.1 Å². The Morgan fingerprint density at radius 2 is 1.83 bits per heavy atom. The van der Waals surface area contributed by atoms with Gasteiger partial charge in [0.05, 0.1) is 11.6 Å². The molecule has 0 saturated carbocycles. The number of hydrogen-bond donors (Lipinski definition) is 1. The van der Waals surface area contributed by atoms with Gasteiger partial charge in [0.25, 0.3) is 0 Å². The molecule has 2 heteroatoms. The van der Waals surface area contributed by atoms with Gasteiger partial charge in [-0.05, 0) is 36.0 Å². The summed E-state index contributed by atoms with van der Waals surface area (Å²) >= 11 is 0. The van der Waals surface area contributed by atoms with E-state index in [1.807, 2.05) is 24.3 Å². The van der Waals surface area contributed by atoms with Crippen LogP contribution in [0.5, 0.6) is 0 Å². The first kappa shape index (κ1) is 9.15. The Bertz CT molecular complexity index is 282. The number of nitrogens with zero attached hydrogens (tertiary/aromatic N) is 1. The average molecular weight is 179 g/mol. The third-order valence-electron chi connectivity index (χ3n) is 1.58. The number of benzene rings is 1. The van der Waals surface area contributed by atoms with Crippen LogP contribution in [0.3, 0.4) is 0 Å². The van der Waals surface area contributed by atoms with Crippen molar-refractivity contribution in [3.8, 4) is 6.07 Å². The van der Waals surface area contributed by atoms with Crippen molar-refractivity contribution in [1.29, 1.82) is 5.26 Å². The highest BCUT2D eigenvalue weighted by atomic mass is 32.2. The highest BCUT2D eigenvalue weighted by Gasteiger charge is 1.94. The molecule has 0 amide bonds. The molecular formula is C10H13NS. The molecule has 1 nitrogen and oxygen atoms in total. The molecule has 0 aliphatic carbocycles. The van der Waals surface area contributed by atoms with Gasteiger partial charge in [-0.25, -0.2) is 0 Å². The molecule has 1 rings (SSSR count). The van der Waals surface area contributed by atoms with E-state index in [0.717, 1.165) is 11.3 Å².